The Kier molecular flexibility index (Phi) is 3.86. The maximum atomic E-state index is 5.53. The lowest BCUT2D eigenvalue weighted by molar-refractivity contribution is 0.142. The zero-order valence-electron chi connectivity index (χ0n) is 14.8. The summed E-state index contributed by atoms with van der Waals surface area (Å²) < 4.78 is 5.53. The third-order valence-corrected chi connectivity index (χ3v) is 6.26. The first-order valence-corrected chi connectivity index (χ1v) is 9.43. The van der Waals surface area contributed by atoms with Crippen LogP contribution >= 0.6 is 0 Å². The molecular formula is C22H23N3O. The van der Waals surface area contributed by atoms with Gasteiger partial charge in [0, 0.05) is 18.3 Å². The number of furan rings is 1. The predicted molar refractivity (Wildman–Crippen MR) is 99.8 cm³/mol. The minimum atomic E-state index is 0.288. The van der Waals surface area contributed by atoms with Crippen LogP contribution in [0.2, 0.25) is 0 Å². The zero-order chi connectivity index (χ0) is 17.4. The fraction of sp³-hybridized carbons (Fsp3) is 0.364. The molecule has 132 valence electrons. The number of piperidine rings is 1. The van der Waals surface area contributed by atoms with E-state index in [1.165, 1.54) is 30.4 Å². The van der Waals surface area contributed by atoms with Gasteiger partial charge in [0.2, 0.25) is 0 Å². The molecule has 0 saturated carbocycles. The van der Waals surface area contributed by atoms with Crippen molar-refractivity contribution in [2.24, 2.45) is 0 Å². The highest BCUT2D eigenvalue weighted by Crippen LogP contribution is 2.53. The van der Waals surface area contributed by atoms with Crippen LogP contribution in [0.15, 0.2) is 65.8 Å². The lowest BCUT2D eigenvalue weighted by Crippen LogP contribution is -2.41. The first kappa shape index (κ1) is 15.8. The second-order valence-electron chi connectivity index (χ2n) is 7.65. The van der Waals surface area contributed by atoms with E-state index in [4.69, 9.17) is 4.42 Å². The lowest BCUT2D eigenvalue weighted by Gasteiger charge is -2.40. The fourth-order valence-corrected chi connectivity index (χ4v) is 4.92. The molecule has 2 aromatic heterocycles. The average molecular weight is 345 g/mol. The topological polar surface area (TPSA) is 42.2 Å². The van der Waals surface area contributed by atoms with Gasteiger partial charge in [-0.15, -0.1) is 0 Å². The number of rotatable bonds is 3. The molecule has 1 aliphatic heterocycles. The number of nitrogens with zero attached hydrogens (tertiary/aromatic N) is 3. The van der Waals surface area contributed by atoms with E-state index < -0.39 is 0 Å². The SMILES string of the molecule is c1coc(CN2CCC3(CC2)C[C@H](c2cncnc2)c2ccccc23)c1. The van der Waals surface area contributed by atoms with Gasteiger partial charge in [-0.25, -0.2) is 9.97 Å². The number of hydrogen-bond donors (Lipinski definition) is 0. The van der Waals surface area contributed by atoms with Crippen LogP contribution in [-0.2, 0) is 12.0 Å². The van der Waals surface area contributed by atoms with Crippen LogP contribution in [0, 0.1) is 0 Å². The second-order valence-corrected chi connectivity index (χ2v) is 7.65. The summed E-state index contributed by atoms with van der Waals surface area (Å²) in [5, 5.41) is 0. The van der Waals surface area contributed by atoms with Gasteiger partial charge in [0.05, 0.1) is 12.8 Å². The molecule has 4 nitrogen and oxygen atoms in total. The summed E-state index contributed by atoms with van der Waals surface area (Å²) >= 11 is 0. The van der Waals surface area contributed by atoms with Crippen molar-refractivity contribution in [2.75, 3.05) is 13.1 Å². The van der Waals surface area contributed by atoms with E-state index >= 15 is 0 Å². The van der Waals surface area contributed by atoms with Crippen molar-refractivity contribution in [2.45, 2.75) is 37.1 Å². The van der Waals surface area contributed by atoms with Gasteiger partial charge in [-0.1, -0.05) is 24.3 Å². The maximum absolute atomic E-state index is 5.53. The van der Waals surface area contributed by atoms with Gasteiger partial charge in [0.15, 0.2) is 0 Å². The quantitative estimate of drug-likeness (QED) is 0.715. The van der Waals surface area contributed by atoms with E-state index in [9.17, 15) is 0 Å². The molecule has 0 bridgehead atoms. The van der Waals surface area contributed by atoms with Crippen LogP contribution in [0.1, 0.15) is 47.6 Å². The van der Waals surface area contributed by atoms with Crippen molar-refractivity contribution >= 4 is 0 Å². The minimum absolute atomic E-state index is 0.288. The molecule has 1 aromatic carbocycles. The molecule has 0 unspecified atom stereocenters. The highest BCUT2D eigenvalue weighted by Gasteiger charge is 2.45. The Morgan fingerprint density at radius 1 is 1.04 bits per heavy atom. The summed E-state index contributed by atoms with van der Waals surface area (Å²) in [5.41, 5.74) is 4.56. The van der Waals surface area contributed by atoms with Crippen LogP contribution in [0.4, 0.5) is 0 Å². The van der Waals surface area contributed by atoms with Crippen molar-refractivity contribution in [3.63, 3.8) is 0 Å². The summed E-state index contributed by atoms with van der Waals surface area (Å²) in [6.07, 6.45) is 10.9. The van der Waals surface area contributed by atoms with Crippen LogP contribution < -0.4 is 0 Å². The molecule has 1 atom stereocenters. The average Bonchev–Trinajstić information content (AvgIpc) is 3.32. The predicted octanol–water partition coefficient (Wildman–Crippen LogP) is 4.14. The highest BCUT2D eigenvalue weighted by atomic mass is 16.3. The Hall–Kier alpha value is -2.46. The van der Waals surface area contributed by atoms with E-state index in [0.717, 1.165) is 25.4 Å². The van der Waals surface area contributed by atoms with E-state index in [1.807, 2.05) is 18.5 Å². The number of aromatic nitrogens is 2. The molecular weight excluding hydrogens is 322 g/mol. The van der Waals surface area contributed by atoms with E-state index in [2.05, 4.69) is 45.2 Å². The third-order valence-electron chi connectivity index (χ3n) is 6.26. The molecule has 1 saturated heterocycles. The number of benzene rings is 1. The summed E-state index contributed by atoms with van der Waals surface area (Å²) in [4.78, 5) is 11.0. The van der Waals surface area contributed by atoms with E-state index in [-0.39, 0.29) is 5.41 Å². The highest BCUT2D eigenvalue weighted by molar-refractivity contribution is 5.47. The molecule has 1 spiro atoms. The number of fused-ring (bicyclic) bond motifs is 2. The molecule has 3 heterocycles. The summed E-state index contributed by atoms with van der Waals surface area (Å²) in [5.74, 6) is 1.48. The number of likely N-dealkylation sites (tertiary alicyclic amines) is 1. The molecule has 5 rings (SSSR count). The van der Waals surface area contributed by atoms with Crippen molar-refractivity contribution in [1.29, 1.82) is 0 Å². The van der Waals surface area contributed by atoms with Crippen LogP contribution in [0.3, 0.4) is 0 Å². The van der Waals surface area contributed by atoms with Crippen molar-refractivity contribution in [3.05, 3.63) is 83.8 Å². The second kappa shape index (κ2) is 6.36. The Balaban J connectivity index is 1.40. The Labute approximate surface area is 153 Å². The Bertz CT molecular complexity index is 867. The number of hydrogen-bond acceptors (Lipinski definition) is 4. The van der Waals surface area contributed by atoms with Gasteiger partial charge in [-0.2, -0.15) is 0 Å². The monoisotopic (exact) mass is 345 g/mol. The molecule has 3 aromatic rings. The summed E-state index contributed by atoms with van der Waals surface area (Å²) in [7, 11) is 0. The summed E-state index contributed by atoms with van der Waals surface area (Å²) in [6.45, 7) is 3.15. The van der Waals surface area contributed by atoms with Crippen LogP contribution in [0.5, 0.6) is 0 Å². The van der Waals surface area contributed by atoms with Crippen molar-refractivity contribution in [3.8, 4) is 0 Å². The van der Waals surface area contributed by atoms with Crippen LogP contribution in [0.25, 0.3) is 0 Å². The largest absolute Gasteiger partial charge is 0.468 e. The van der Waals surface area contributed by atoms with Gasteiger partial charge >= 0.3 is 0 Å². The Morgan fingerprint density at radius 3 is 2.62 bits per heavy atom. The molecule has 1 fully saturated rings. The van der Waals surface area contributed by atoms with Gasteiger partial charge in [0.25, 0.3) is 0 Å². The van der Waals surface area contributed by atoms with Gasteiger partial charge in [0.1, 0.15) is 12.1 Å². The molecule has 0 N–H and O–H groups in total. The smallest absolute Gasteiger partial charge is 0.117 e. The molecule has 2 aliphatic rings. The normalized spacial score (nSPS) is 21.8. The molecule has 4 heteroatoms. The van der Waals surface area contributed by atoms with Gasteiger partial charge in [-0.3, -0.25) is 4.90 Å². The van der Waals surface area contributed by atoms with E-state index in [1.54, 1.807) is 18.2 Å². The lowest BCUT2D eigenvalue weighted by atomic mass is 9.73. The minimum Gasteiger partial charge on any atom is -0.468 e. The van der Waals surface area contributed by atoms with Crippen LogP contribution in [-0.4, -0.2) is 28.0 Å². The molecule has 0 amide bonds. The fourth-order valence-electron chi connectivity index (χ4n) is 4.92. The van der Waals surface area contributed by atoms with E-state index in [0.29, 0.717) is 5.92 Å². The van der Waals surface area contributed by atoms with Crippen molar-refractivity contribution < 1.29 is 4.42 Å². The van der Waals surface area contributed by atoms with Crippen molar-refractivity contribution in [1.82, 2.24) is 14.9 Å². The Morgan fingerprint density at radius 2 is 1.85 bits per heavy atom. The molecule has 26 heavy (non-hydrogen) atoms. The van der Waals surface area contributed by atoms with Gasteiger partial charge in [-0.05, 0) is 66.6 Å². The molecule has 1 aliphatic carbocycles. The zero-order valence-corrected chi connectivity index (χ0v) is 14.8. The first-order valence-electron chi connectivity index (χ1n) is 9.43. The maximum Gasteiger partial charge on any atom is 0.117 e. The first-order chi connectivity index (χ1) is 12.8. The standard InChI is InChI=1S/C22H23N3O/c1-2-6-21-19(5-1)20(17-13-23-16-24-14-17)12-22(21)7-9-25(10-8-22)15-18-4-3-11-26-18/h1-6,11,13-14,16,20H,7-10,12,15H2/t20-/m1/s1. The van der Waals surface area contributed by atoms with Gasteiger partial charge < -0.3 is 4.42 Å². The third kappa shape index (κ3) is 2.65. The molecule has 0 radical (unpaired) electrons. The summed E-state index contributed by atoms with van der Waals surface area (Å²) in [6, 6.07) is 13.1.